The molecule has 0 atom stereocenters. The lowest BCUT2D eigenvalue weighted by Gasteiger charge is -2.11. The third kappa shape index (κ3) is 4.55. The van der Waals surface area contributed by atoms with Gasteiger partial charge in [0, 0.05) is 25.3 Å². The summed E-state index contributed by atoms with van der Waals surface area (Å²) in [6.07, 6.45) is 0. The van der Waals surface area contributed by atoms with Crippen molar-refractivity contribution in [3.05, 3.63) is 63.7 Å². The van der Waals surface area contributed by atoms with Gasteiger partial charge in [0.1, 0.15) is 11.5 Å². The quantitative estimate of drug-likeness (QED) is 0.325. The molecule has 3 rings (SSSR count). The van der Waals surface area contributed by atoms with E-state index in [0.29, 0.717) is 24.7 Å². The lowest BCUT2D eigenvalue weighted by molar-refractivity contribution is -0.384. The van der Waals surface area contributed by atoms with Crippen LogP contribution in [0.25, 0.3) is 5.69 Å². The molecule has 0 saturated carbocycles. The Hall–Kier alpha value is -3.93. The number of nitro groups is 1. The number of anilines is 2. The summed E-state index contributed by atoms with van der Waals surface area (Å²) in [4.78, 5) is 23.4. The number of methoxy groups -OCH3 is 1. The Balaban J connectivity index is 1.84. The van der Waals surface area contributed by atoms with Crippen molar-refractivity contribution in [1.29, 1.82) is 0 Å². The second kappa shape index (κ2) is 9.05. The molecule has 0 aliphatic carbocycles. The lowest BCUT2D eigenvalue weighted by atomic mass is 10.1. The fraction of sp³-hybridized carbons (Fsp3) is 0.222. The topological polar surface area (TPSA) is 137 Å². The number of amides is 1. The summed E-state index contributed by atoms with van der Waals surface area (Å²) >= 11 is 0. The molecule has 1 aromatic heterocycles. The number of nitrogens with one attached hydrogen (secondary N) is 2. The van der Waals surface area contributed by atoms with Gasteiger partial charge < -0.3 is 15.4 Å². The number of aryl methyl sites for hydroxylation is 1. The highest BCUT2D eigenvalue weighted by Gasteiger charge is 2.19. The van der Waals surface area contributed by atoms with Gasteiger partial charge in [0.25, 0.3) is 11.6 Å². The molecule has 12 heteroatoms. The summed E-state index contributed by atoms with van der Waals surface area (Å²) in [5.41, 5.74) is 0.297. The van der Waals surface area contributed by atoms with Gasteiger partial charge in [-0.25, -0.2) is 4.39 Å². The van der Waals surface area contributed by atoms with Gasteiger partial charge in [0.15, 0.2) is 5.82 Å². The molecule has 0 aliphatic heterocycles. The van der Waals surface area contributed by atoms with E-state index >= 15 is 0 Å². The monoisotopic (exact) mass is 415 g/mol. The van der Waals surface area contributed by atoms with E-state index in [4.69, 9.17) is 4.74 Å². The molecule has 0 fully saturated rings. The number of carbonyl (C=O) groups is 1. The zero-order valence-electron chi connectivity index (χ0n) is 16.1. The maximum Gasteiger partial charge on any atom is 0.293 e. The van der Waals surface area contributed by atoms with Gasteiger partial charge in [-0.05, 0) is 47.7 Å². The number of ether oxygens (including phenoxy) is 1. The molecule has 0 aliphatic rings. The number of hydrogen-bond donors (Lipinski definition) is 2. The molecule has 0 spiro atoms. The van der Waals surface area contributed by atoms with E-state index in [1.165, 1.54) is 36.1 Å². The van der Waals surface area contributed by atoms with E-state index < -0.39 is 16.6 Å². The molecule has 11 nitrogen and oxygen atoms in total. The van der Waals surface area contributed by atoms with Crippen LogP contribution in [0.1, 0.15) is 16.2 Å². The summed E-state index contributed by atoms with van der Waals surface area (Å²) in [6, 6.07) is 7.94. The Morgan fingerprint density at radius 2 is 2.07 bits per heavy atom. The van der Waals surface area contributed by atoms with Crippen molar-refractivity contribution >= 4 is 23.0 Å². The molecule has 0 unspecified atom stereocenters. The maximum atomic E-state index is 14.2. The van der Waals surface area contributed by atoms with Crippen LogP contribution in [0.3, 0.4) is 0 Å². The fourth-order valence-corrected chi connectivity index (χ4v) is 2.67. The van der Waals surface area contributed by atoms with Gasteiger partial charge in [-0.2, -0.15) is 4.68 Å². The number of carbonyl (C=O) groups excluding carboxylic acids is 1. The van der Waals surface area contributed by atoms with Gasteiger partial charge in [-0.15, -0.1) is 5.10 Å². The molecule has 0 bridgehead atoms. The minimum atomic E-state index is -0.703. The van der Waals surface area contributed by atoms with Crippen LogP contribution in [0.4, 0.5) is 21.5 Å². The van der Waals surface area contributed by atoms with Crippen LogP contribution in [-0.4, -0.2) is 51.3 Å². The van der Waals surface area contributed by atoms with Crippen molar-refractivity contribution in [3.63, 3.8) is 0 Å². The number of nitrogens with zero attached hydrogens (tertiary/aromatic N) is 5. The summed E-state index contributed by atoms with van der Waals surface area (Å²) in [6.45, 7) is 2.39. The van der Waals surface area contributed by atoms with Crippen LogP contribution in [0.5, 0.6) is 0 Å². The van der Waals surface area contributed by atoms with Crippen molar-refractivity contribution in [2.45, 2.75) is 6.92 Å². The van der Waals surface area contributed by atoms with Crippen molar-refractivity contribution in [3.8, 4) is 5.69 Å². The number of hydrogen-bond acceptors (Lipinski definition) is 8. The number of benzene rings is 2. The highest BCUT2D eigenvalue weighted by molar-refractivity contribution is 6.05. The molecule has 1 amide bonds. The molecule has 0 radical (unpaired) electrons. The molecular weight excluding hydrogens is 397 g/mol. The Labute approximate surface area is 170 Å². The summed E-state index contributed by atoms with van der Waals surface area (Å²) in [7, 11) is 1.51. The minimum absolute atomic E-state index is 0.00222. The maximum absolute atomic E-state index is 14.2. The first-order chi connectivity index (χ1) is 14.4. The van der Waals surface area contributed by atoms with E-state index in [2.05, 4.69) is 26.2 Å². The first kappa shape index (κ1) is 20.8. The van der Waals surface area contributed by atoms with Crippen molar-refractivity contribution < 1.29 is 18.8 Å². The lowest BCUT2D eigenvalue weighted by Crippen LogP contribution is -2.15. The van der Waals surface area contributed by atoms with Crippen LogP contribution in [-0.2, 0) is 4.74 Å². The zero-order chi connectivity index (χ0) is 21.7. The smallest absolute Gasteiger partial charge is 0.293 e. The number of aromatic nitrogens is 4. The number of tetrazole rings is 1. The molecular formula is C18H18FN7O4. The number of halogens is 1. The first-order valence-corrected chi connectivity index (χ1v) is 8.78. The molecule has 0 saturated heterocycles. The second-order valence-corrected chi connectivity index (χ2v) is 6.16. The van der Waals surface area contributed by atoms with E-state index in [1.54, 1.807) is 6.92 Å². The predicted octanol–water partition coefficient (Wildman–Crippen LogP) is 2.33. The molecule has 3 aromatic rings. The van der Waals surface area contributed by atoms with Gasteiger partial charge >= 0.3 is 0 Å². The second-order valence-electron chi connectivity index (χ2n) is 6.16. The summed E-state index contributed by atoms with van der Waals surface area (Å²) < 4.78 is 20.5. The van der Waals surface area contributed by atoms with Gasteiger partial charge in [-0.1, -0.05) is 0 Å². The highest BCUT2D eigenvalue weighted by Crippen LogP contribution is 2.26. The van der Waals surface area contributed by atoms with Crippen molar-refractivity contribution in [1.82, 2.24) is 20.2 Å². The Bertz CT molecular complexity index is 1090. The van der Waals surface area contributed by atoms with E-state index in [0.717, 1.165) is 12.1 Å². The SMILES string of the molecule is COCCNc1ccc(C(=O)Nc2cc(-n3nnnc3C)ccc2F)cc1[N+](=O)[O-]. The molecule has 1 heterocycles. The largest absolute Gasteiger partial charge is 0.383 e. The third-order valence-corrected chi connectivity index (χ3v) is 4.15. The average Bonchev–Trinajstić information content (AvgIpc) is 3.15. The minimum Gasteiger partial charge on any atom is -0.383 e. The van der Waals surface area contributed by atoms with Crippen molar-refractivity contribution in [2.24, 2.45) is 0 Å². The van der Waals surface area contributed by atoms with Crippen LogP contribution < -0.4 is 10.6 Å². The normalized spacial score (nSPS) is 10.6. The van der Waals surface area contributed by atoms with Crippen LogP contribution >= 0.6 is 0 Å². The van der Waals surface area contributed by atoms with Crippen LogP contribution in [0, 0.1) is 22.9 Å². The summed E-state index contributed by atoms with van der Waals surface area (Å²) in [5, 5.41) is 27.7. The Kier molecular flexibility index (Phi) is 6.27. The van der Waals surface area contributed by atoms with E-state index in [-0.39, 0.29) is 22.6 Å². The first-order valence-electron chi connectivity index (χ1n) is 8.78. The van der Waals surface area contributed by atoms with E-state index in [1.807, 2.05) is 0 Å². The zero-order valence-corrected chi connectivity index (χ0v) is 16.1. The number of nitro benzene ring substituents is 1. The van der Waals surface area contributed by atoms with Gasteiger partial charge in [-0.3, -0.25) is 14.9 Å². The highest BCUT2D eigenvalue weighted by atomic mass is 19.1. The Morgan fingerprint density at radius 1 is 1.27 bits per heavy atom. The molecule has 2 aromatic carbocycles. The summed E-state index contributed by atoms with van der Waals surface area (Å²) in [5.74, 6) is -0.901. The fourth-order valence-electron chi connectivity index (χ4n) is 2.67. The van der Waals surface area contributed by atoms with Crippen LogP contribution in [0.15, 0.2) is 36.4 Å². The predicted molar refractivity (Wildman–Crippen MR) is 105 cm³/mol. The standard InChI is InChI=1S/C18H18FN7O4/c1-11-22-23-24-25(11)13-4-5-14(19)16(10-13)21-18(27)12-3-6-15(20-7-8-30-2)17(9-12)26(28)29/h3-6,9-10,20H,7-8H2,1-2H3,(H,21,27). The molecule has 2 N–H and O–H groups in total. The average molecular weight is 415 g/mol. The van der Waals surface area contributed by atoms with Gasteiger partial charge in [0.05, 0.1) is 22.9 Å². The molecule has 156 valence electrons. The van der Waals surface area contributed by atoms with Crippen LogP contribution in [0.2, 0.25) is 0 Å². The third-order valence-electron chi connectivity index (χ3n) is 4.15. The van der Waals surface area contributed by atoms with Crippen molar-refractivity contribution in [2.75, 3.05) is 30.9 Å². The van der Waals surface area contributed by atoms with E-state index in [9.17, 15) is 19.3 Å². The molecule has 30 heavy (non-hydrogen) atoms. The Morgan fingerprint density at radius 3 is 2.73 bits per heavy atom. The number of rotatable bonds is 8. The van der Waals surface area contributed by atoms with Gasteiger partial charge in [0.2, 0.25) is 0 Å².